The molecule has 3 rings (SSSR count). The van der Waals surface area contributed by atoms with Gasteiger partial charge in [-0.1, -0.05) is 15.9 Å². The molecule has 1 aromatic heterocycles. The molecule has 6 nitrogen and oxygen atoms in total. The van der Waals surface area contributed by atoms with Gasteiger partial charge in [-0.25, -0.2) is 4.98 Å². The van der Waals surface area contributed by atoms with Crippen LogP contribution in [0.3, 0.4) is 0 Å². The number of nitro groups is 1. The van der Waals surface area contributed by atoms with Gasteiger partial charge in [0.15, 0.2) is 0 Å². The third-order valence-corrected chi connectivity index (χ3v) is 4.38. The lowest BCUT2D eigenvalue weighted by atomic mass is 10.1. The minimum atomic E-state index is -0.352. The molecule has 1 atom stereocenters. The number of rotatable bonds is 3. The normalized spacial score (nSPS) is 18.4. The zero-order valence-corrected chi connectivity index (χ0v) is 13.1. The number of nitrogens with one attached hydrogen (secondary N) is 1. The van der Waals surface area contributed by atoms with Gasteiger partial charge in [0.1, 0.15) is 11.9 Å². The molecule has 2 aromatic rings. The summed E-state index contributed by atoms with van der Waals surface area (Å²) in [4.78, 5) is 17.3. The molecule has 1 aromatic carbocycles. The van der Waals surface area contributed by atoms with Gasteiger partial charge in [-0.15, -0.1) is 0 Å². The molecular weight excluding hydrogens is 336 g/mol. The Morgan fingerprint density at radius 1 is 1.52 bits per heavy atom. The van der Waals surface area contributed by atoms with E-state index in [-0.39, 0.29) is 10.6 Å². The van der Waals surface area contributed by atoms with Crippen molar-refractivity contribution < 1.29 is 4.92 Å². The Morgan fingerprint density at radius 2 is 2.33 bits per heavy atom. The average Bonchev–Trinajstić information content (AvgIpc) is 2.94. The van der Waals surface area contributed by atoms with Gasteiger partial charge in [-0.3, -0.25) is 10.1 Å². The van der Waals surface area contributed by atoms with Gasteiger partial charge in [0.05, 0.1) is 10.4 Å². The summed E-state index contributed by atoms with van der Waals surface area (Å²) in [5.41, 5.74) is 1.51. The molecule has 1 aliphatic heterocycles. The van der Waals surface area contributed by atoms with E-state index in [4.69, 9.17) is 0 Å². The van der Waals surface area contributed by atoms with E-state index < -0.39 is 0 Å². The van der Waals surface area contributed by atoms with Crippen LogP contribution in [0.15, 0.2) is 28.9 Å². The summed E-state index contributed by atoms with van der Waals surface area (Å²) in [5, 5.41) is 15.4. The fraction of sp³-hybridized carbons (Fsp3) is 0.357. The fourth-order valence-corrected chi connectivity index (χ4v) is 3.17. The number of benzene rings is 1. The van der Waals surface area contributed by atoms with E-state index in [0.717, 1.165) is 34.9 Å². The lowest BCUT2D eigenvalue weighted by Crippen LogP contribution is -2.29. The first-order chi connectivity index (χ1) is 10.1. The summed E-state index contributed by atoms with van der Waals surface area (Å²) in [6, 6.07) is 6.03. The van der Waals surface area contributed by atoms with Crippen LogP contribution in [0.1, 0.15) is 6.42 Å². The van der Waals surface area contributed by atoms with E-state index in [9.17, 15) is 10.1 Å². The number of nitrogens with zero attached hydrogens (tertiary/aromatic N) is 3. The van der Waals surface area contributed by atoms with Crippen molar-refractivity contribution in [3.05, 3.63) is 39.0 Å². The standard InChI is InChI=1S/C14H15BrN4O2/c1-16-10-4-5-18(8-10)14-11-6-9(15)2-3-12(11)17-7-13(14)19(20)21/h2-3,6-7,10,16H,4-5,8H2,1H3. The van der Waals surface area contributed by atoms with E-state index >= 15 is 0 Å². The number of hydrogen-bond acceptors (Lipinski definition) is 5. The number of likely N-dealkylation sites (N-methyl/N-ethyl adjacent to an activating group) is 1. The van der Waals surface area contributed by atoms with Crippen LogP contribution in [-0.4, -0.2) is 36.1 Å². The summed E-state index contributed by atoms with van der Waals surface area (Å²) in [6.45, 7) is 1.57. The van der Waals surface area contributed by atoms with E-state index in [2.05, 4.69) is 31.1 Å². The number of fused-ring (bicyclic) bond motifs is 1. The van der Waals surface area contributed by atoms with Crippen molar-refractivity contribution in [2.24, 2.45) is 0 Å². The molecule has 0 amide bonds. The maximum Gasteiger partial charge on any atom is 0.311 e. The first kappa shape index (κ1) is 14.2. The first-order valence-corrected chi connectivity index (χ1v) is 7.54. The molecule has 1 saturated heterocycles. The van der Waals surface area contributed by atoms with Gasteiger partial charge in [0.25, 0.3) is 0 Å². The van der Waals surface area contributed by atoms with Crippen LogP contribution >= 0.6 is 15.9 Å². The van der Waals surface area contributed by atoms with Gasteiger partial charge in [-0.2, -0.15) is 0 Å². The molecule has 0 saturated carbocycles. The summed E-state index contributed by atoms with van der Waals surface area (Å²) in [5.74, 6) is 0. The topological polar surface area (TPSA) is 71.3 Å². The third kappa shape index (κ3) is 2.58. The second-order valence-corrected chi connectivity index (χ2v) is 6.05. The predicted molar refractivity (Wildman–Crippen MR) is 85.8 cm³/mol. The van der Waals surface area contributed by atoms with Crippen molar-refractivity contribution in [2.45, 2.75) is 12.5 Å². The van der Waals surface area contributed by atoms with E-state index in [1.807, 2.05) is 25.2 Å². The van der Waals surface area contributed by atoms with Gasteiger partial charge in [0.2, 0.25) is 0 Å². The van der Waals surface area contributed by atoms with Crippen molar-refractivity contribution in [1.82, 2.24) is 10.3 Å². The predicted octanol–water partition coefficient (Wildman–Crippen LogP) is 2.70. The van der Waals surface area contributed by atoms with E-state index in [1.54, 1.807) is 0 Å². The van der Waals surface area contributed by atoms with Crippen LogP contribution in [0.2, 0.25) is 0 Å². The number of aromatic nitrogens is 1. The van der Waals surface area contributed by atoms with Crippen LogP contribution in [0, 0.1) is 10.1 Å². The Balaban J connectivity index is 2.19. The van der Waals surface area contributed by atoms with Crippen LogP contribution < -0.4 is 10.2 Å². The number of halogens is 1. The highest BCUT2D eigenvalue weighted by Crippen LogP contribution is 2.37. The molecule has 0 spiro atoms. The zero-order chi connectivity index (χ0) is 15.0. The molecule has 110 valence electrons. The Labute approximate surface area is 130 Å². The molecule has 21 heavy (non-hydrogen) atoms. The molecular formula is C14H15BrN4O2. The van der Waals surface area contributed by atoms with Crippen molar-refractivity contribution in [3.8, 4) is 0 Å². The van der Waals surface area contributed by atoms with Crippen LogP contribution in [0.5, 0.6) is 0 Å². The fourth-order valence-electron chi connectivity index (χ4n) is 2.81. The largest absolute Gasteiger partial charge is 0.364 e. The van der Waals surface area contributed by atoms with Crippen LogP contribution in [0.4, 0.5) is 11.4 Å². The van der Waals surface area contributed by atoms with Gasteiger partial charge in [-0.05, 0) is 31.7 Å². The zero-order valence-electron chi connectivity index (χ0n) is 11.5. The molecule has 2 heterocycles. The molecule has 7 heteroatoms. The summed E-state index contributed by atoms with van der Waals surface area (Å²) < 4.78 is 0.892. The first-order valence-electron chi connectivity index (χ1n) is 6.75. The Morgan fingerprint density at radius 3 is 3.00 bits per heavy atom. The minimum absolute atomic E-state index is 0.0670. The Kier molecular flexibility index (Phi) is 3.77. The SMILES string of the molecule is CNC1CCN(c2c([N+](=O)[O-])cnc3ccc(Br)cc23)C1. The highest BCUT2D eigenvalue weighted by molar-refractivity contribution is 9.10. The highest BCUT2D eigenvalue weighted by Gasteiger charge is 2.29. The van der Waals surface area contributed by atoms with E-state index in [1.165, 1.54) is 6.20 Å². The lowest BCUT2D eigenvalue weighted by Gasteiger charge is -2.20. The monoisotopic (exact) mass is 350 g/mol. The number of hydrogen-bond donors (Lipinski definition) is 1. The van der Waals surface area contributed by atoms with Crippen LogP contribution in [0.25, 0.3) is 10.9 Å². The minimum Gasteiger partial charge on any atom is -0.364 e. The van der Waals surface area contributed by atoms with Crippen molar-refractivity contribution in [1.29, 1.82) is 0 Å². The Hall–Kier alpha value is -1.73. The smallest absolute Gasteiger partial charge is 0.311 e. The average molecular weight is 351 g/mol. The van der Waals surface area contributed by atoms with E-state index in [0.29, 0.717) is 11.7 Å². The maximum atomic E-state index is 11.4. The summed E-state index contributed by atoms with van der Waals surface area (Å²) >= 11 is 3.43. The molecule has 0 radical (unpaired) electrons. The Bertz CT molecular complexity index is 707. The molecule has 1 unspecified atom stereocenters. The number of pyridine rings is 1. The van der Waals surface area contributed by atoms with Gasteiger partial charge >= 0.3 is 5.69 Å². The maximum absolute atomic E-state index is 11.4. The molecule has 1 N–H and O–H groups in total. The lowest BCUT2D eigenvalue weighted by molar-refractivity contribution is -0.384. The van der Waals surface area contributed by atoms with Gasteiger partial charge in [0, 0.05) is 29.0 Å². The summed E-state index contributed by atoms with van der Waals surface area (Å²) in [7, 11) is 1.92. The quantitative estimate of drug-likeness (QED) is 0.680. The van der Waals surface area contributed by atoms with Crippen molar-refractivity contribution >= 4 is 38.2 Å². The van der Waals surface area contributed by atoms with Crippen molar-refractivity contribution in [3.63, 3.8) is 0 Å². The van der Waals surface area contributed by atoms with Crippen LogP contribution in [-0.2, 0) is 0 Å². The summed E-state index contributed by atoms with van der Waals surface area (Å²) in [6.07, 6.45) is 2.34. The molecule has 1 fully saturated rings. The number of anilines is 1. The van der Waals surface area contributed by atoms with Gasteiger partial charge < -0.3 is 10.2 Å². The third-order valence-electron chi connectivity index (χ3n) is 3.89. The highest BCUT2D eigenvalue weighted by atomic mass is 79.9. The molecule has 0 bridgehead atoms. The van der Waals surface area contributed by atoms with Crippen molar-refractivity contribution in [2.75, 3.05) is 25.0 Å². The molecule has 0 aliphatic carbocycles. The second-order valence-electron chi connectivity index (χ2n) is 5.13. The molecule has 1 aliphatic rings. The second kappa shape index (κ2) is 5.57.